The standard InChI is InChI=1S/C14H13BrN4O2/c1-2-6-19-11(16-8-17-19)7-18-12-9(13(20)14(18)21)4-3-5-10(12)15/h3-5,8H,2,6-7H2,1H3. The molecule has 0 saturated heterocycles. The highest BCUT2D eigenvalue weighted by Gasteiger charge is 2.37. The quantitative estimate of drug-likeness (QED) is 0.794. The Kier molecular flexibility index (Phi) is 3.59. The molecule has 0 saturated carbocycles. The predicted molar refractivity (Wildman–Crippen MR) is 80.0 cm³/mol. The van der Waals surface area contributed by atoms with E-state index in [2.05, 4.69) is 26.0 Å². The molecule has 0 atom stereocenters. The molecular weight excluding hydrogens is 336 g/mol. The number of aromatic nitrogens is 3. The van der Waals surface area contributed by atoms with Crippen LogP contribution in [-0.2, 0) is 17.9 Å². The number of hydrogen-bond acceptors (Lipinski definition) is 4. The van der Waals surface area contributed by atoms with Gasteiger partial charge in [0.2, 0.25) is 0 Å². The number of halogens is 1. The Morgan fingerprint density at radius 3 is 2.86 bits per heavy atom. The summed E-state index contributed by atoms with van der Waals surface area (Å²) in [7, 11) is 0. The van der Waals surface area contributed by atoms with Crippen LogP contribution in [0.15, 0.2) is 29.0 Å². The van der Waals surface area contributed by atoms with E-state index in [0.29, 0.717) is 17.1 Å². The number of carbonyl (C=O) groups excluding carboxylic acids is 2. The number of para-hydroxylation sites is 1. The zero-order valence-corrected chi connectivity index (χ0v) is 13.0. The van der Waals surface area contributed by atoms with Crippen molar-refractivity contribution in [3.8, 4) is 0 Å². The molecule has 0 N–H and O–H groups in total. The molecule has 6 nitrogen and oxygen atoms in total. The van der Waals surface area contributed by atoms with Crippen LogP contribution >= 0.6 is 15.9 Å². The molecule has 1 aliphatic heterocycles. The molecule has 0 aliphatic carbocycles. The highest BCUT2D eigenvalue weighted by atomic mass is 79.9. The van der Waals surface area contributed by atoms with Gasteiger partial charge in [0.1, 0.15) is 12.2 Å². The molecule has 3 rings (SSSR count). The van der Waals surface area contributed by atoms with E-state index < -0.39 is 11.7 Å². The molecule has 2 aromatic rings. The summed E-state index contributed by atoms with van der Waals surface area (Å²) in [5.41, 5.74) is 1.04. The molecular formula is C14H13BrN4O2. The van der Waals surface area contributed by atoms with Gasteiger partial charge in [0.05, 0.1) is 17.8 Å². The van der Waals surface area contributed by atoms with Gasteiger partial charge in [0, 0.05) is 11.0 Å². The lowest BCUT2D eigenvalue weighted by Crippen LogP contribution is -2.30. The smallest absolute Gasteiger partial charge is 0.296 e. The van der Waals surface area contributed by atoms with Crippen LogP contribution in [0.5, 0.6) is 0 Å². The van der Waals surface area contributed by atoms with Crippen LogP contribution in [0.2, 0.25) is 0 Å². The van der Waals surface area contributed by atoms with Gasteiger partial charge in [-0.15, -0.1) is 0 Å². The van der Waals surface area contributed by atoms with Gasteiger partial charge in [0.25, 0.3) is 11.7 Å². The second kappa shape index (κ2) is 5.40. The van der Waals surface area contributed by atoms with Crippen molar-refractivity contribution >= 4 is 33.3 Å². The van der Waals surface area contributed by atoms with E-state index >= 15 is 0 Å². The SMILES string of the molecule is CCCn1ncnc1CN1C(=O)C(=O)c2cccc(Br)c21. The fourth-order valence-corrected chi connectivity index (χ4v) is 2.99. The Hall–Kier alpha value is -2.02. The molecule has 1 aromatic heterocycles. The highest BCUT2D eigenvalue weighted by molar-refractivity contribution is 9.10. The maximum atomic E-state index is 12.2. The van der Waals surface area contributed by atoms with Gasteiger partial charge >= 0.3 is 0 Å². The van der Waals surface area contributed by atoms with Crippen molar-refractivity contribution in [2.45, 2.75) is 26.4 Å². The summed E-state index contributed by atoms with van der Waals surface area (Å²) >= 11 is 3.41. The summed E-state index contributed by atoms with van der Waals surface area (Å²) in [4.78, 5) is 29.9. The lowest BCUT2D eigenvalue weighted by molar-refractivity contribution is -0.114. The molecule has 1 aliphatic rings. The van der Waals surface area contributed by atoms with Crippen molar-refractivity contribution in [1.29, 1.82) is 0 Å². The van der Waals surface area contributed by atoms with Crippen LogP contribution in [0.25, 0.3) is 0 Å². The minimum atomic E-state index is -0.525. The van der Waals surface area contributed by atoms with Gasteiger partial charge in [-0.05, 0) is 34.5 Å². The molecule has 21 heavy (non-hydrogen) atoms. The summed E-state index contributed by atoms with van der Waals surface area (Å²) in [6, 6.07) is 5.22. The van der Waals surface area contributed by atoms with Gasteiger partial charge in [-0.3, -0.25) is 14.5 Å². The largest absolute Gasteiger partial charge is 0.299 e. The van der Waals surface area contributed by atoms with E-state index in [9.17, 15) is 9.59 Å². The Morgan fingerprint density at radius 1 is 1.29 bits per heavy atom. The van der Waals surface area contributed by atoms with E-state index in [-0.39, 0.29) is 6.54 Å². The molecule has 0 bridgehead atoms. The van der Waals surface area contributed by atoms with Crippen LogP contribution in [0.3, 0.4) is 0 Å². The third-order valence-corrected chi connectivity index (χ3v) is 4.01. The van der Waals surface area contributed by atoms with Crippen LogP contribution in [0, 0.1) is 0 Å². The first-order chi connectivity index (χ1) is 10.1. The number of Topliss-reactive ketones (excluding diaryl/α,β-unsaturated/α-hetero) is 1. The first kappa shape index (κ1) is 13.9. The van der Waals surface area contributed by atoms with E-state index in [0.717, 1.165) is 17.4 Å². The zero-order chi connectivity index (χ0) is 15.0. The minimum Gasteiger partial charge on any atom is -0.296 e. The first-order valence-electron chi connectivity index (χ1n) is 6.65. The van der Waals surface area contributed by atoms with Crippen LogP contribution in [0.4, 0.5) is 5.69 Å². The molecule has 1 amide bonds. The number of anilines is 1. The summed E-state index contributed by atoms with van der Waals surface area (Å²) in [5, 5.41) is 4.14. The van der Waals surface area contributed by atoms with Crippen LogP contribution < -0.4 is 4.90 Å². The number of benzene rings is 1. The van der Waals surface area contributed by atoms with Gasteiger partial charge in [-0.2, -0.15) is 5.10 Å². The number of fused-ring (bicyclic) bond motifs is 1. The van der Waals surface area contributed by atoms with Gasteiger partial charge in [-0.1, -0.05) is 13.0 Å². The second-order valence-corrected chi connectivity index (χ2v) is 5.61. The zero-order valence-electron chi connectivity index (χ0n) is 11.4. The summed E-state index contributed by atoms with van der Waals surface area (Å²) < 4.78 is 2.48. The summed E-state index contributed by atoms with van der Waals surface area (Å²) in [6.45, 7) is 3.01. The third kappa shape index (κ3) is 2.27. The number of amides is 1. The minimum absolute atomic E-state index is 0.236. The van der Waals surface area contributed by atoms with Crippen molar-refractivity contribution < 1.29 is 9.59 Å². The van der Waals surface area contributed by atoms with E-state index in [1.54, 1.807) is 16.8 Å². The van der Waals surface area contributed by atoms with Gasteiger partial charge in [-0.25, -0.2) is 9.67 Å². The van der Waals surface area contributed by atoms with Gasteiger partial charge in [0.15, 0.2) is 0 Å². The third-order valence-electron chi connectivity index (χ3n) is 3.37. The fraction of sp³-hybridized carbons (Fsp3) is 0.286. The highest BCUT2D eigenvalue weighted by Crippen LogP contribution is 2.36. The molecule has 0 fully saturated rings. The average Bonchev–Trinajstić information content (AvgIpc) is 3.00. The number of ketones is 1. The molecule has 1 aromatic carbocycles. The van der Waals surface area contributed by atoms with E-state index in [1.807, 2.05) is 13.0 Å². The lowest BCUT2D eigenvalue weighted by Gasteiger charge is -2.17. The molecule has 108 valence electrons. The monoisotopic (exact) mass is 348 g/mol. The number of aryl methyl sites for hydroxylation is 1. The first-order valence-corrected chi connectivity index (χ1v) is 7.44. The number of hydrogen-bond donors (Lipinski definition) is 0. The Balaban J connectivity index is 1.98. The second-order valence-electron chi connectivity index (χ2n) is 4.76. The Labute approximate surface area is 129 Å². The van der Waals surface area contributed by atoms with Crippen molar-refractivity contribution in [1.82, 2.24) is 14.8 Å². The molecule has 0 unspecified atom stereocenters. The van der Waals surface area contributed by atoms with Crippen LogP contribution in [-0.4, -0.2) is 26.5 Å². The molecule has 2 heterocycles. The van der Waals surface area contributed by atoms with Crippen molar-refractivity contribution in [3.63, 3.8) is 0 Å². The predicted octanol–water partition coefficient (Wildman–Crippen LogP) is 2.18. The summed E-state index contributed by atoms with van der Waals surface area (Å²) in [6.07, 6.45) is 2.39. The molecule has 7 heteroatoms. The van der Waals surface area contributed by atoms with Crippen molar-refractivity contribution in [3.05, 3.63) is 40.4 Å². The molecule has 0 radical (unpaired) electrons. The topological polar surface area (TPSA) is 68.1 Å². The fourth-order valence-electron chi connectivity index (χ4n) is 2.41. The number of rotatable bonds is 4. The lowest BCUT2D eigenvalue weighted by atomic mass is 10.1. The Bertz CT molecular complexity index is 726. The van der Waals surface area contributed by atoms with Crippen molar-refractivity contribution in [2.24, 2.45) is 0 Å². The van der Waals surface area contributed by atoms with E-state index in [4.69, 9.17) is 0 Å². The number of carbonyl (C=O) groups is 2. The number of nitrogens with zero attached hydrogens (tertiary/aromatic N) is 4. The van der Waals surface area contributed by atoms with Crippen molar-refractivity contribution in [2.75, 3.05) is 4.90 Å². The van der Waals surface area contributed by atoms with Gasteiger partial charge < -0.3 is 0 Å². The van der Waals surface area contributed by atoms with E-state index in [1.165, 1.54) is 11.2 Å². The maximum Gasteiger partial charge on any atom is 0.299 e. The normalized spacial score (nSPS) is 13.9. The average molecular weight is 349 g/mol. The maximum absolute atomic E-state index is 12.2. The summed E-state index contributed by atoms with van der Waals surface area (Å²) in [5.74, 6) is -0.336. The van der Waals surface area contributed by atoms with Crippen LogP contribution in [0.1, 0.15) is 29.5 Å². The Morgan fingerprint density at radius 2 is 2.10 bits per heavy atom. The molecule has 0 spiro atoms.